The highest BCUT2D eigenvalue weighted by molar-refractivity contribution is 6.07. The molecule has 0 unspecified atom stereocenters. The van der Waals surface area contributed by atoms with Gasteiger partial charge >= 0.3 is 0 Å². The fourth-order valence-corrected chi connectivity index (χ4v) is 1.90. The molecule has 0 saturated heterocycles. The van der Waals surface area contributed by atoms with Gasteiger partial charge in [-0.3, -0.25) is 4.79 Å². The first-order chi connectivity index (χ1) is 11.4. The minimum absolute atomic E-state index is 0.172. The van der Waals surface area contributed by atoms with Crippen LogP contribution >= 0.6 is 0 Å². The van der Waals surface area contributed by atoms with E-state index in [1.54, 1.807) is 19.0 Å². The van der Waals surface area contributed by atoms with E-state index in [0.29, 0.717) is 11.3 Å². The molecule has 0 spiro atoms. The highest BCUT2D eigenvalue weighted by Gasteiger charge is 2.21. The standard InChI is InChI=1S/C18H14F2N2O2/c1-22(2)11-16(24-13-8-6-12(10-21)7-9-13)18(23)14-4-3-5-15(19)17(14)20/h3-9,11H,1-2H3/b16-11+. The molecule has 0 aliphatic rings. The second-order valence-electron chi connectivity index (χ2n) is 5.13. The van der Waals surface area contributed by atoms with E-state index in [0.717, 1.165) is 6.07 Å². The number of benzene rings is 2. The van der Waals surface area contributed by atoms with E-state index in [2.05, 4.69) is 0 Å². The highest BCUT2D eigenvalue weighted by atomic mass is 19.2. The summed E-state index contributed by atoms with van der Waals surface area (Å²) in [6, 6.07) is 11.4. The van der Waals surface area contributed by atoms with E-state index in [-0.39, 0.29) is 5.76 Å². The summed E-state index contributed by atoms with van der Waals surface area (Å²) in [5, 5.41) is 8.78. The average molecular weight is 328 g/mol. The van der Waals surface area contributed by atoms with Crippen molar-refractivity contribution >= 4 is 5.78 Å². The van der Waals surface area contributed by atoms with Crippen molar-refractivity contribution < 1.29 is 18.3 Å². The maximum atomic E-state index is 13.9. The van der Waals surface area contributed by atoms with Gasteiger partial charge in [-0.05, 0) is 36.4 Å². The number of halogens is 2. The molecule has 0 N–H and O–H groups in total. The van der Waals surface area contributed by atoms with E-state index in [1.807, 2.05) is 6.07 Å². The zero-order chi connectivity index (χ0) is 17.7. The second kappa shape index (κ2) is 7.38. The van der Waals surface area contributed by atoms with Gasteiger partial charge in [-0.2, -0.15) is 5.26 Å². The predicted molar refractivity (Wildman–Crippen MR) is 84.2 cm³/mol. The molecule has 0 aliphatic heterocycles. The number of rotatable bonds is 5. The largest absolute Gasteiger partial charge is 0.452 e. The third-order valence-corrected chi connectivity index (χ3v) is 3.01. The number of carbonyl (C=O) groups excluding carboxylic acids is 1. The van der Waals surface area contributed by atoms with Crippen molar-refractivity contribution in [1.82, 2.24) is 4.90 Å². The van der Waals surface area contributed by atoms with Crippen LogP contribution in [0.25, 0.3) is 0 Å². The Labute approximate surface area is 138 Å². The van der Waals surface area contributed by atoms with Crippen LogP contribution in [0.3, 0.4) is 0 Å². The van der Waals surface area contributed by atoms with Crippen molar-refractivity contribution in [2.45, 2.75) is 0 Å². The molecule has 0 fully saturated rings. The van der Waals surface area contributed by atoms with Crippen LogP contribution in [0.4, 0.5) is 8.78 Å². The van der Waals surface area contributed by atoms with Crippen LogP contribution < -0.4 is 4.74 Å². The molecule has 2 aromatic carbocycles. The van der Waals surface area contributed by atoms with Gasteiger partial charge in [0, 0.05) is 20.3 Å². The van der Waals surface area contributed by atoms with Gasteiger partial charge in [-0.15, -0.1) is 0 Å². The van der Waals surface area contributed by atoms with E-state index in [4.69, 9.17) is 10.00 Å². The zero-order valence-corrected chi connectivity index (χ0v) is 13.1. The predicted octanol–water partition coefficient (Wildman–Crippen LogP) is 3.50. The topological polar surface area (TPSA) is 53.3 Å². The van der Waals surface area contributed by atoms with Crippen molar-refractivity contribution in [3.05, 3.63) is 77.2 Å². The number of nitriles is 1. The number of hydrogen-bond acceptors (Lipinski definition) is 4. The van der Waals surface area contributed by atoms with Gasteiger partial charge in [0.05, 0.1) is 17.2 Å². The van der Waals surface area contributed by atoms with Crippen molar-refractivity contribution in [3.63, 3.8) is 0 Å². The quantitative estimate of drug-likeness (QED) is 0.479. The maximum absolute atomic E-state index is 13.9. The van der Waals surface area contributed by atoms with Gasteiger partial charge in [0.2, 0.25) is 5.78 Å². The van der Waals surface area contributed by atoms with E-state index in [9.17, 15) is 13.6 Å². The van der Waals surface area contributed by atoms with Crippen LogP contribution in [0.5, 0.6) is 5.75 Å². The van der Waals surface area contributed by atoms with Crippen LogP contribution in [-0.4, -0.2) is 24.8 Å². The summed E-state index contributed by atoms with van der Waals surface area (Å²) in [6.07, 6.45) is 1.37. The monoisotopic (exact) mass is 328 g/mol. The molecule has 0 atom stereocenters. The summed E-state index contributed by atoms with van der Waals surface area (Å²) in [6.45, 7) is 0. The molecule has 6 heteroatoms. The summed E-state index contributed by atoms with van der Waals surface area (Å²) in [5.74, 6) is -2.99. The van der Waals surface area contributed by atoms with Crippen molar-refractivity contribution in [3.8, 4) is 11.8 Å². The third-order valence-electron chi connectivity index (χ3n) is 3.01. The Bertz CT molecular complexity index is 822. The number of allylic oxidation sites excluding steroid dienone is 1. The molecule has 0 saturated carbocycles. The molecule has 0 aliphatic carbocycles. The minimum atomic E-state index is -1.23. The lowest BCUT2D eigenvalue weighted by atomic mass is 10.1. The third kappa shape index (κ3) is 3.96. The van der Waals surface area contributed by atoms with Crippen LogP contribution in [-0.2, 0) is 0 Å². The summed E-state index contributed by atoms with van der Waals surface area (Å²) < 4.78 is 32.7. The number of nitrogens with zero attached hydrogens (tertiary/aromatic N) is 2. The molecule has 4 nitrogen and oxygen atoms in total. The Morgan fingerprint density at radius 2 is 1.83 bits per heavy atom. The first kappa shape index (κ1) is 17.2. The van der Waals surface area contributed by atoms with Gasteiger partial charge in [-0.1, -0.05) is 6.07 Å². The Kier molecular flexibility index (Phi) is 5.27. The van der Waals surface area contributed by atoms with Crippen LogP contribution in [0, 0.1) is 23.0 Å². The van der Waals surface area contributed by atoms with Crippen LogP contribution in [0.1, 0.15) is 15.9 Å². The Morgan fingerprint density at radius 1 is 1.17 bits per heavy atom. The molecule has 0 aromatic heterocycles. The second-order valence-corrected chi connectivity index (χ2v) is 5.13. The first-order valence-corrected chi connectivity index (χ1v) is 6.97. The van der Waals surface area contributed by atoms with Gasteiger partial charge in [-0.25, -0.2) is 8.78 Å². The van der Waals surface area contributed by atoms with Crippen molar-refractivity contribution in [2.75, 3.05) is 14.1 Å². The van der Waals surface area contributed by atoms with Crippen molar-refractivity contribution in [1.29, 1.82) is 5.26 Å². The fraction of sp³-hybridized carbons (Fsp3) is 0.111. The van der Waals surface area contributed by atoms with Gasteiger partial charge in [0.15, 0.2) is 17.4 Å². The van der Waals surface area contributed by atoms with Gasteiger partial charge in [0.1, 0.15) is 5.75 Å². The van der Waals surface area contributed by atoms with Gasteiger partial charge < -0.3 is 9.64 Å². The van der Waals surface area contributed by atoms with Crippen LogP contribution in [0.2, 0.25) is 0 Å². The Balaban J connectivity index is 2.36. The number of Topliss-reactive ketones (excluding diaryl/α,β-unsaturated/α-hetero) is 1. The number of carbonyl (C=O) groups is 1. The SMILES string of the molecule is CN(C)/C=C(/Oc1ccc(C#N)cc1)C(=O)c1cccc(F)c1F. The minimum Gasteiger partial charge on any atom is -0.452 e. The van der Waals surface area contributed by atoms with Crippen LogP contribution in [0.15, 0.2) is 54.4 Å². The van der Waals surface area contributed by atoms with Gasteiger partial charge in [0.25, 0.3) is 0 Å². The lowest BCUT2D eigenvalue weighted by Crippen LogP contribution is -2.16. The Hall–Kier alpha value is -3.20. The molecule has 122 valence electrons. The summed E-state index contributed by atoms with van der Waals surface area (Å²) in [5.41, 5.74) is 0.0136. The lowest BCUT2D eigenvalue weighted by molar-refractivity contribution is 0.0977. The maximum Gasteiger partial charge on any atom is 0.232 e. The zero-order valence-electron chi connectivity index (χ0n) is 13.1. The molecule has 2 aromatic rings. The molecular formula is C18H14F2N2O2. The molecule has 24 heavy (non-hydrogen) atoms. The average Bonchev–Trinajstić information content (AvgIpc) is 2.56. The number of ether oxygens (including phenoxy) is 1. The summed E-state index contributed by atoms with van der Waals surface area (Å²) >= 11 is 0. The smallest absolute Gasteiger partial charge is 0.232 e. The first-order valence-electron chi connectivity index (χ1n) is 6.97. The summed E-state index contributed by atoms with van der Waals surface area (Å²) in [4.78, 5) is 14.1. The molecule has 0 radical (unpaired) electrons. The van der Waals surface area contributed by atoms with E-state index in [1.165, 1.54) is 42.6 Å². The lowest BCUT2D eigenvalue weighted by Gasteiger charge is -2.13. The number of hydrogen-bond donors (Lipinski definition) is 0. The highest BCUT2D eigenvalue weighted by Crippen LogP contribution is 2.20. The normalized spacial score (nSPS) is 10.9. The molecule has 0 heterocycles. The Morgan fingerprint density at radius 3 is 2.42 bits per heavy atom. The van der Waals surface area contributed by atoms with E-state index >= 15 is 0 Å². The molecular weight excluding hydrogens is 314 g/mol. The molecule has 2 rings (SSSR count). The van der Waals surface area contributed by atoms with E-state index < -0.39 is 23.0 Å². The summed E-state index contributed by atoms with van der Waals surface area (Å²) in [7, 11) is 3.33. The molecule has 0 amide bonds. The molecule has 0 bridgehead atoms. The number of ketones is 1. The fourth-order valence-electron chi connectivity index (χ4n) is 1.90. The van der Waals surface area contributed by atoms with Crippen molar-refractivity contribution in [2.24, 2.45) is 0 Å².